The van der Waals surface area contributed by atoms with Gasteiger partial charge < -0.3 is 15.3 Å². The number of carbonyl (C=O) groups is 1. The van der Waals surface area contributed by atoms with E-state index in [1.54, 1.807) is 0 Å². The van der Waals surface area contributed by atoms with Crippen LogP contribution < -0.4 is 10.2 Å². The highest BCUT2D eigenvalue weighted by Gasteiger charge is 2.32. The Labute approximate surface area is 108 Å². The standard InChI is InChI=1S/C14H20N2O2/c1-10-5-3-4-6-13(10)16-9-11(2)15-12(7-8-17)14(16)18/h3-6,11-12,15,17H,7-9H2,1-2H3. The summed E-state index contributed by atoms with van der Waals surface area (Å²) in [7, 11) is 0. The van der Waals surface area contributed by atoms with Crippen molar-refractivity contribution in [3.8, 4) is 0 Å². The Morgan fingerprint density at radius 1 is 1.44 bits per heavy atom. The van der Waals surface area contributed by atoms with Crippen LogP contribution in [0.15, 0.2) is 24.3 Å². The van der Waals surface area contributed by atoms with E-state index in [0.29, 0.717) is 13.0 Å². The Morgan fingerprint density at radius 2 is 2.17 bits per heavy atom. The molecule has 98 valence electrons. The Hall–Kier alpha value is -1.39. The Balaban J connectivity index is 2.26. The quantitative estimate of drug-likeness (QED) is 0.841. The molecule has 1 saturated heterocycles. The van der Waals surface area contributed by atoms with Crippen LogP contribution in [0.1, 0.15) is 18.9 Å². The topological polar surface area (TPSA) is 52.6 Å². The molecular weight excluding hydrogens is 228 g/mol. The predicted molar refractivity (Wildman–Crippen MR) is 71.6 cm³/mol. The van der Waals surface area contributed by atoms with E-state index < -0.39 is 0 Å². The average Bonchev–Trinajstić information content (AvgIpc) is 2.34. The Bertz CT molecular complexity index is 434. The predicted octanol–water partition coefficient (Wildman–Crippen LogP) is 1.07. The molecular formula is C14H20N2O2. The minimum absolute atomic E-state index is 0.0255. The first kappa shape index (κ1) is 13.1. The summed E-state index contributed by atoms with van der Waals surface area (Å²) in [4.78, 5) is 14.2. The van der Waals surface area contributed by atoms with Gasteiger partial charge in [0.1, 0.15) is 0 Å². The first-order valence-corrected chi connectivity index (χ1v) is 6.37. The molecule has 4 nitrogen and oxygen atoms in total. The van der Waals surface area contributed by atoms with Gasteiger partial charge in [-0.05, 0) is 31.9 Å². The lowest BCUT2D eigenvalue weighted by molar-refractivity contribution is -0.122. The van der Waals surface area contributed by atoms with Gasteiger partial charge in [0.05, 0.1) is 6.04 Å². The lowest BCUT2D eigenvalue weighted by Crippen LogP contribution is -2.59. The van der Waals surface area contributed by atoms with Crippen molar-refractivity contribution in [3.05, 3.63) is 29.8 Å². The number of hydrogen-bond acceptors (Lipinski definition) is 3. The summed E-state index contributed by atoms with van der Waals surface area (Å²) < 4.78 is 0. The van der Waals surface area contributed by atoms with Crippen molar-refractivity contribution in [2.75, 3.05) is 18.1 Å². The molecule has 1 amide bonds. The molecule has 0 spiro atoms. The lowest BCUT2D eigenvalue weighted by Gasteiger charge is -2.37. The fourth-order valence-electron chi connectivity index (χ4n) is 2.44. The molecule has 1 fully saturated rings. The second-order valence-electron chi connectivity index (χ2n) is 4.87. The summed E-state index contributed by atoms with van der Waals surface area (Å²) >= 11 is 0. The molecule has 0 saturated carbocycles. The summed E-state index contributed by atoms with van der Waals surface area (Å²) in [5.41, 5.74) is 2.07. The largest absolute Gasteiger partial charge is 0.396 e. The van der Waals surface area contributed by atoms with E-state index in [0.717, 1.165) is 11.3 Å². The SMILES string of the molecule is Cc1ccccc1N1CC(C)NC(CCO)C1=O. The van der Waals surface area contributed by atoms with Crippen molar-refractivity contribution < 1.29 is 9.90 Å². The zero-order valence-corrected chi connectivity index (χ0v) is 10.9. The zero-order valence-electron chi connectivity index (χ0n) is 10.9. The fraction of sp³-hybridized carbons (Fsp3) is 0.500. The molecule has 2 N–H and O–H groups in total. The highest BCUT2D eigenvalue weighted by Crippen LogP contribution is 2.23. The van der Waals surface area contributed by atoms with Gasteiger partial charge in [-0.25, -0.2) is 0 Å². The summed E-state index contributed by atoms with van der Waals surface area (Å²) in [5.74, 6) is 0.0523. The Morgan fingerprint density at radius 3 is 2.83 bits per heavy atom. The van der Waals surface area contributed by atoms with Gasteiger partial charge in [-0.1, -0.05) is 18.2 Å². The van der Waals surface area contributed by atoms with E-state index in [-0.39, 0.29) is 24.6 Å². The number of anilines is 1. The number of rotatable bonds is 3. The molecule has 2 unspecified atom stereocenters. The van der Waals surface area contributed by atoms with E-state index in [1.165, 1.54) is 0 Å². The summed E-state index contributed by atoms with van der Waals surface area (Å²) in [6.45, 7) is 4.77. The van der Waals surface area contributed by atoms with Crippen molar-refractivity contribution in [3.63, 3.8) is 0 Å². The van der Waals surface area contributed by atoms with Gasteiger partial charge in [0.25, 0.3) is 0 Å². The summed E-state index contributed by atoms with van der Waals surface area (Å²) in [6, 6.07) is 7.86. The molecule has 1 aromatic carbocycles. The van der Waals surface area contributed by atoms with Gasteiger partial charge >= 0.3 is 0 Å². The number of benzene rings is 1. The number of aliphatic hydroxyl groups excluding tert-OH is 1. The second-order valence-corrected chi connectivity index (χ2v) is 4.87. The third-order valence-electron chi connectivity index (χ3n) is 3.33. The van der Waals surface area contributed by atoms with Gasteiger partial charge in [-0.2, -0.15) is 0 Å². The minimum atomic E-state index is -0.279. The summed E-state index contributed by atoms with van der Waals surface area (Å²) in [5, 5.41) is 12.3. The van der Waals surface area contributed by atoms with Crippen LogP contribution in [0, 0.1) is 6.92 Å². The van der Waals surface area contributed by atoms with Gasteiger partial charge in [-0.3, -0.25) is 4.79 Å². The van der Waals surface area contributed by atoms with Crippen molar-refractivity contribution in [2.45, 2.75) is 32.4 Å². The molecule has 1 aliphatic heterocycles. The summed E-state index contributed by atoms with van der Waals surface area (Å²) in [6.07, 6.45) is 0.464. The van der Waals surface area contributed by atoms with Crippen LogP contribution in [0.4, 0.5) is 5.69 Å². The number of para-hydroxylation sites is 1. The van der Waals surface area contributed by atoms with Crippen LogP contribution in [0.2, 0.25) is 0 Å². The van der Waals surface area contributed by atoms with Crippen LogP contribution in [0.5, 0.6) is 0 Å². The van der Waals surface area contributed by atoms with Gasteiger partial charge in [0.2, 0.25) is 5.91 Å². The number of nitrogens with one attached hydrogen (secondary N) is 1. The van der Waals surface area contributed by atoms with Crippen molar-refractivity contribution in [1.82, 2.24) is 5.32 Å². The number of hydrogen-bond donors (Lipinski definition) is 2. The smallest absolute Gasteiger partial charge is 0.244 e. The first-order chi connectivity index (χ1) is 8.63. The molecule has 1 heterocycles. The maximum atomic E-state index is 12.4. The molecule has 4 heteroatoms. The third kappa shape index (κ3) is 2.54. The molecule has 0 radical (unpaired) electrons. The van der Waals surface area contributed by atoms with E-state index >= 15 is 0 Å². The number of amides is 1. The highest BCUT2D eigenvalue weighted by atomic mass is 16.3. The minimum Gasteiger partial charge on any atom is -0.396 e. The van der Waals surface area contributed by atoms with E-state index in [4.69, 9.17) is 5.11 Å². The van der Waals surface area contributed by atoms with Gasteiger partial charge in [0.15, 0.2) is 0 Å². The molecule has 2 atom stereocenters. The van der Waals surface area contributed by atoms with Crippen LogP contribution in [-0.2, 0) is 4.79 Å². The van der Waals surface area contributed by atoms with Gasteiger partial charge in [0, 0.05) is 24.9 Å². The molecule has 0 aliphatic carbocycles. The molecule has 2 rings (SSSR count). The van der Waals surface area contributed by atoms with Crippen molar-refractivity contribution >= 4 is 11.6 Å². The zero-order chi connectivity index (χ0) is 13.1. The molecule has 1 aromatic rings. The van der Waals surface area contributed by atoms with Gasteiger partial charge in [-0.15, -0.1) is 0 Å². The number of nitrogens with zero attached hydrogens (tertiary/aromatic N) is 1. The van der Waals surface area contributed by atoms with E-state index in [1.807, 2.05) is 36.1 Å². The maximum absolute atomic E-state index is 12.4. The molecule has 18 heavy (non-hydrogen) atoms. The number of piperazine rings is 1. The van der Waals surface area contributed by atoms with Crippen LogP contribution in [-0.4, -0.2) is 36.2 Å². The van der Waals surface area contributed by atoms with E-state index in [2.05, 4.69) is 12.2 Å². The van der Waals surface area contributed by atoms with Crippen LogP contribution in [0.25, 0.3) is 0 Å². The van der Waals surface area contributed by atoms with Crippen LogP contribution in [0.3, 0.4) is 0 Å². The third-order valence-corrected chi connectivity index (χ3v) is 3.33. The molecule has 0 aromatic heterocycles. The number of carbonyl (C=O) groups excluding carboxylic acids is 1. The Kier molecular flexibility index (Phi) is 3.99. The first-order valence-electron chi connectivity index (χ1n) is 6.37. The highest BCUT2D eigenvalue weighted by molar-refractivity contribution is 5.98. The normalized spacial score (nSPS) is 24.4. The number of aryl methyl sites for hydroxylation is 1. The van der Waals surface area contributed by atoms with Crippen molar-refractivity contribution in [2.24, 2.45) is 0 Å². The average molecular weight is 248 g/mol. The second kappa shape index (κ2) is 5.50. The molecule has 1 aliphatic rings. The monoisotopic (exact) mass is 248 g/mol. The number of aliphatic hydroxyl groups is 1. The van der Waals surface area contributed by atoms with Crippen LogP contribution >= 0.6 is 0 Å². The molecule has 0 bridgehead atoms. The maximum Gasteiger partial charge on any atom is 0.244 e. The lowest BCUT2D eigenvalue weighted by atomic mass is 10.0. The fourth-order valence-corrected chi connectivity index (χ4v) is 2.44. The van der Waals surface area contributed by atoms with E-state index in [9.17, 15) is 4.79 Å². The van der Waals surface area contributed by atoms with Crippen molar-refractivity contribution in [1.29, 1.82) is 0 Å².